The van der Waals surface area contributed by atoms with Gasteiger partial charge in [0, 0.05) is 6.07 Å². The van der Waals surface area contributed by atoms with Crippen LogP contribution < -0.4 is 9.92 Å². The lowest BCUT2D eigenvalue weighted by Gasteiger charge is -2.16. The molecule has 0 bridgehead atoms. The quantitative estimate of drug-likeness (QED) is 0.750. The number of hydrogen-bond acceptors (Lipinski definition) is 1. The highest BCUT2D eigenvalue weighted by molar-refractivity contribution is 6.88. The Kier molecular flexibility index (Phi) is 4.51. The van der Waals surface area contributed by atoms with Crippen LogP contribution in [-0.2, 0) is 6.61 Å². The van der Waals surface area contributed by atoms with Gasteiger partial charge in [0.05, 0.1) is 13.1 Å². The summed E-state index contributed by atoms with van der Waals surface area (Å²) in [5, 5.41) is 1.50. The summed E-state index contributed by atoms with van der Waals surface area (Å²) in [6, 6.07) is 12.9. The predicted molar refractivity (Wildman–Crippen MR) is 85.2 cm³/mol. The molecule has 0 spiro atoms. The van der Waals surface area contributed by atoms with Crippen LogP contribution in [0.15, 0.2) is 42.5 Å². The van der Waals surface area contributed by atoms with Gasteiger partial charge in [-0.05, 0) is 17.7 Å². The van der Waals surface area contributed by atoms with E-state index in [0.29, 0.717) is 12.4 Å². The second kappa shape index (κ2) is 5.98. The SMILES string of the molecule is C[Si](C)(C)c1ccc(COc2ccc(F)c(Cl)c2)cc1. The predicted octanol–water partition coefficient (Wildman–Crippen LogP) is 4.60. The van der Waals surface area contributed by atoms with Crippen molar-refractivity contribution in [2.24, 2.45) is 0 Å². The lowest BCUT2D eigenvalue weighted by Crippen LogP contribution is -2.37. The Balaban J connectivity index is 2.02. The lowest BCUT2D eigenvalue weighted by molar-refractivity contribution is 0.306. The van der Waals surface area contributed by atoms with Crippen LogP contribution in [0, 0.1) is 5.82 Å². The molecule has 0 aliphatic rings. The van der Waals surface area contributed by atoms with Crippen LogP contribution in [0.1, 0.15) is 5.56 Å². The van der Waals surface area contributed by atoms with Crippen LogP contribution in [0.4, 0.5) is 4.39 Å². The molecule has 0 saturated carbocycles. The van der Waals surface area contributed by atoms with E-state index in [-0.39, 0.29) is 5.02 Å². The summed E-state index contributed by atoms with van der Waals surface area (Å²) in [4.78, 5) is 0. The van der Waals surface area contributed by atoms with Crippen LogP contribution in [0.2, 0.25) is 24.7 Å². The van der Waals surface area contributed by atoms with Gasteiger partial charge in [-0.3, -0.25) is 0 Å². The fraction of sp³-hybridized carbons (Fsp3) is 0.250. The molecule has 0 saturated heterocycles. The van der Waals surface area contributed by atoms with Crippen molar-refractivity contribution in [2.75, 3.05) is 0 Å². The minimum absolute atomic E-state index is 0.0802. The molecule has 20 heavy (non-hydrogen) atoms. The maximum atomic E-state index is 13.0. The number of rotatable bonds is 4. The summed E-state index contributed by atoms with van der Waals surface area (Å²) in [7, 11) is -1.26. The average Bonchev–Trinajstić information content (AvgIpc) is 2.40. The largest absolute Gasteiger partial charge is 0.489 e. The Morgan fingerprint density at radius 2 is 1.70 bits per heavy atom. The van der Waals surface area contributed by atoms with E-state index in [9.17, 15) is 4.39 Å². The first kappa shape index (κ1) is 15.1. The van der Waals surface area contributed by atoms with Crippen molar-refractivity contribution >= 4 is 24.9 Å². The zero-order valence-corrected chi connectivity index (χ0v) is 13.7. The molecule has 106 valence electrons. The third-order valence-corrected chi connectivity index (χ3v) is 5.47. The minimum Gasteiger partial charge on any atom is -0.489 e. The smallest absolute Gasteiger partial charge is 0.142 e. The fourth-order valence-corrected chi connectivity index (χ4v) is 3.17. The van der Waals surface area contributed by atoms with Crippen LogP contribution >= 0.6 is 11.6 Å². The Bertz CT molecular complexity index is 590. The maximum absolute atomic E-state index is 13.0. The summed E-state index contributed by atoms with van der Waals surface area (Å²) >= 11 is 5.72. The zero-order chi connectivity index (χ0) is 14.8. The highest BCUT2D eigenvalue weighted by Gasteiger charge is 2.15. The lowest BCUT2D eigenvalue weighted by atomic mass is 10.2. The molecule has 0 radical (unpaired) electrons. The van der Waals surface area contributed by atoms with Gasteiger partial charge in [0.1, 0.15) is 18.2 Å². The number of hydrogen-bond donors (Lipinski definition) is 0. The molecule has 2 rings (SSSR count). The van der Waals surface area contributed by atoms with Crippen LogP contribution in [-0.4, -0.2) is 8.07 Å². The molecule has 0 atom stereocenters. The van der Waals surface area contributed by atoms with Crippen molar-refractivity contribution in [3.8, 4) is 5.75 Å². The molecular formula is C16H18ClFOSi. The molecule has 2 aromatic rings. The van der Waals surface area contributed by atoms with Gasteiger partial charge in [0.25, 0.3) is 0 Å². The summed E-state index contributed by atoms with van der Waals surface area (Å²) in [6.07, 6.45) is 0. The molecule has 0 heterocycles. The summed E-state index contributed by atoms with van der Waals surface area (Å²) in [6.45, 7) is 7.41. The third-order valence-electron chi connectivity index (χ3n) is 3.12. The van der Waals surface area contributed by atoms with Crippen molar-refractivity contribution in [1.82, 2.24) is 0 Å². The van der Waals surface area contributed by atoms with Crippen molar-refractivity contribution in [3.63, 3.8) is 0 Å². The van der Waals surface area contributed by atoms with E-state index in [1.165, 1.54) is 17.3 Å². The van der Waals surface area contributed by atoms with Gasteiger partial charge in [0.15, 0.2) is 0 Å². The van der Waals surface area contributed by atoms with Gasteiger partial charge in [-0.25, -0.2) is 4.39 Å². The molecule has 0 aliphatic heterocycles. The first-order valence-electron chi connectivity index (χ1n) is 6.53. The fourth-order valence-electron chi connectivity index (χ4n) is 1.83. The van der Waals surface area contributed by atoms with E-state index < -0.39 is 13.9 Å². The van der Waals surface area contributed by atoms with Gasteiger partial charge < -0.3 is 4.74 Å². The third kappa shape index (κ3) is 3.84. The maximum Gasteiger partial charge on any atom is 0.142 e. The molecule has 0 unspecified atom stereocenters. The van der Waals surface area contributed by atoms with Crippen LogP contribution in [0.5, 0.6) is 5.75 Å². The van der Waals surface area contributed by atoms with E-state index in [0.717, 1.165) is 5.56 Å². The minimum atomic E-state index is -1.26. The second-order valence-electron chi connectivity index (χ2n) is 5.81. The van der Waals surface area contributed by atoms with E-state index in [1.807, 2.05) is 0 Å². The zero-order valence-electron chi connectivity index (χ0n) is 11.9. The first-order valence-corrected chi connectivity index (χ1v) is 10.4. The van der Waals surface area contributed by atoms with Crippen molar-refractivity contribution < 1.29 is 9.13 Å². The molecule has 1 nitrogen and oxygen atoms in total. The van der Waals surface area contributed by atoms with Gasteiger partial charge in [-0.2, -0.15) is 0 Å². The average molecular weight is 309 g/mol. The summed E-state index contributed by atoms with van der Waals surface area (Å²) in [5.74, 6) is 0.143. The van der Waals surface area contributed by atoms with E-state index >= 15 is 0 Å². The second-order valence-corrected chi connectivity index (χ2v) is 11.3. The van der Waals surface area contributed by atoms with Crippen molar-refractivity contribution in [1.29, 1.82) is 0 Å². The van der Waals surface area contributed by atoms with Crippen molar-refractivity contribution in [3.05, 3.63) is 58.9 Å². The first-order chi connectivity index (χ1) is 9.36. The Morgan fingerprint density at radius 1 is 1.05 bits per heavy atom. The van der Waals surface area contributed by atoms with Crippen LogP contribution in [0.25, 0.3) is 0 Å². The molecule has 0 N–H and O–H groups in total. The highest BCUT2D eigenvalue weighted by atomic mass is 35.5. The number of benzene rings is 2. The normalized spacial score (nSPS) is 11.4. The molecule has 0 aliphatic carbocycles. The number of ether oxygens (including phenoxy) is 1. The molecular weight excluding hydrogens is 291 g/mol. The summed E-state index contributed by atoms with van der Waals surface area (Å²) in [5.41, 5.74) is 1.09. The van der Waals surface area contributed by atoms with Crippen LogP contribution in [0.3, 0.4) is 0 Å². The Labute approximate surface area is 125 Å². The van der Waals surface area contributed by atoms with E-state index in [4.69, 9.17) is 16.3 Å². The Hall–Kier alpha value is -1.32. The highest BCUT2D eigenvalue weighted by Crippen LogP contribution is 2.21. The Morgan fingerprint density at radius 3 is 2.25 bits per heavy atom. The van der Waals surface area contributed by atoms with Crippen molar-refractivity contribution in [2.45, 2.75) is 26.2 Å². The topological polar surface area (TPSA) is 9.23 Å². The molecule has 4 heteroatoms. The van der Waals surface area contributed by atoms with Gasteiger partial charge >= 0.3 is 0 Å². The van der Waals surface area contributed by atoms with E-state index in [2.05, 4.69) is 43.9 Å². The van der Waals surface area contributed by atoms with E-state index in [1.54, 1.807) is 6.07 Å². The molecule has 0 amide bonds. The molecule has 2 aromatic carbocycles. The standard InChI is InChI=1S/C16H18ClFOSi/c1-20(2,3)14-7-4-12(5-8-14)11-19-13-6-9-16(18)15(17)10-13/h4-10H,11H2,1-3H3. The van der Waals surface area contributed by atoms with Gasteiger partial charge in [-0.15, -0.1) is 0 Å². The molecule has 0 fully saturated rings. The number of halogens is 2. The monoisotopic (exact) mass is 308 g/mol. The summed E-state index contributed by atoms with van der Waals surface area (Å²) < 4.78 is 18.6. The van der Waals surface area contributed by atoms with Gasteiger partial charge in [0.2, 0.25) is 0 Å². The van der Waals surface area contributed by atoms with Gasteiger partial charge in [-0.1, -0.05) is 60.7 Å². The molecule has 0 aromatic heterocycles.